The van der Waals surface area contributed by atoms with E-state index in [0.29, 0.717) is 5.92 Å². The van der Waals surface area contributed by atoms with Crippen molar-refractivity contribution in [2.45, 2.75) is 32.2 Å². The van der Waals surface area contributed by atoms with Gasteiger partial charge in [0.05, 0.1) is 18.3 Å². The fourth-order valence-corrected chi connectivity index (χ4v) is 3.97. The number of pyridine rings is 1. The summed E-state index contributed by atoms with van der Waals surface area (Å²) in [4.78, 5) is 7.45. The van der Waals surface area contributed by atoms with Crippen LogP contribution < -0.4 is 4.74 Å². The number of imidazole rings is 1. The van der Waals surface area contributed by atoms with E-state index in [4.69, 9.17) is 9.72 Å². The van der Waals surface area contributed by atoms with Gasteiger partial charge >= 0.3 is 0 Å². The van der Waals surface area contributed by atoms with Crippen LogP contribution in [0.3, 0.4) is 0 Å². The van der Waals surface area contributed by atoms with Crippen molar-refractivity contribution >= 4 is 5.52 Å². The highest BCUT2D eigenvalue weighted by Crippen LogP contribution is 2.30. The minimum atomic E-state index is 0.505. The second kappa shape index (κ2) is 6.89. The monoisotopic (exact) mass is 335 g/mol. The fourth-order valence-electron chi connectivity index (χ4n) is 3.97. The SMILES string of the molecule is COc1cccc(CN2CCCC(c3nc(C)n4ccccc34)C2)c1. The van der Waals surface area contributed by atoms with E-state index in [1.165, 1.54) is 29.6 Å². The number of hydrogen-bond donors (Lipinski definition) is 0. The number of ether oxygens (including phenoxy) is 1. The lowest BCUT2D eigenvalue weighted by Crippen LogP contribution is -2.34. The number of benzene rings is 1. The normalized spacial score (nSPS) is 18.6. The Morgan fingerprint density at radius 3 is 3.00 bits per heavy atom. The maximum Gasteiger partial charge on any atom is 0.119 e. The minimum absolute atomic E-state index is 0.505. The van der Waals surface area contributed by atoms with Crippen molar-refractivity contribution < 1.29 is 4.74 Å². The predicted molar refractivity (Wildman–Crippen MR) is 100 cm³/mol. The van der Waals surface area contributed by atoms with Gasteiger partial charge in [0.2, 0.25) is 0 Å². The second-order valence-electron chi connectivity index (χ2n) is 6.93. The Hall–Kier alpha value is -2.33. The average molecular weight is 335 g/mol. The van der Waals surface area contributed by atoms with E-state index in [1.807, 2.05) is 6.07 Å². The van der Waals surface area contributed by atoms with Crippen LogP contribution in [0.4, 0.5) is 0 Å². The van der Waals surface area contributed by atoms with Gasteiger partial charge in [-0.15, -0.1) is 0 Å². The molecule has 4 heteroatoms. The lowest BCUT2D eigenvalue weighted by molar-refractivity contribution is 0.199. The number of methoxy groups -OCH3 is 1. The van der Waals surface area contributed by atoms with Crippen molar-refractivity contribution in [1.82, 2.24) is 14.3 Å². The quantitative estimate of drug-likeness (QED) is 0.721. The van der Waals surface area contributed by atoms with E-state index in [2.05, 4.69) is 58.8 Å². The summed E-state index contributed by atoms with van der Waals surface area (Å²) in [6.07, 6.45) is 4.55. The largest absolute Gasteiger partial charge is 0.497 e. The standard InChI is InChI=1S/C21H25N3O/c1-16-22-21(20-10-3-4-12-24(16)20)18-8-6-11-23(15-18)14-17-7-5-9-19(13-17)25-2/h3-5,7,9-10,12-13,18H,6,8,11,14-15H2,1-2H3. The molecule has 0 bridgehead atoms. The van der Waals surface area contributed by atoms with Gasteiger partial charge in [-0.25, -0.2) is 4.98 Å². The molecule has 1 fully saturated rings. The van der Waals surface area contributed by atoms with Crippen molar-refractivity contribution in [1.29, 1.82) is 0 Å². The molecule has 1 unspecified atom stereocenters. The Kier molecular flexibility index (Phi) is 4.45. The van der Waals surface area contributed by atoms with Gasteiger partial charge < -0.3 is 9.14 Å². The van der Waals surface area contributed by atoms with Crippen LogP contribution in [-0.2, 0) is 6.54 Å². The zero-order valence-electron chi connectivity index (χ0n) is 15.0. The molecule has 0 spiro atoms. The third-order valence-corrected chi connectivity index (χ3v) is 5.19. The van der Waals surface area contributed by atoms with Gasteiger partial charge in [0.25, 0.3) is 0 Å². The van der Waals surface area contributed by atoms with Crippen LogP contribution in [0.25, 0.3) is 5.52 Å². The molecule has 1 aliphatic rings. The highest BCUT2D eigenvalue weighted by Gasteiger charge is 2.25. The van der Waals surface area contributed by atoms with Crippen molar-refractivity contribution in [3.8, 4) is 5.75 Å². The maximum absolute atomic E-state index is 5.35. The summed E-state index contributed by atoms with van der Waals surface area (Å²) in [5.41, 5.74) is 3.83. The molecule has 1 aromatic carbocycles. The first-order chi connectivity index (χ1) is 12.2. The van der Waals surface area contributed by atoms with E-state index in [1.54, 1.807) is 7.11 Å². The van der Waals surface area contributed by atoms with Gasteiger partial charge in [-0.2, -0.15) is 0 Å². The fraction of sp³-hybridized carbons (Fsp3) is 0.381. The van der Waals surface area contributed by atoms with Crippen LogP contribution in [-0.4, -0.2) is 34.5 Å². The smallest absolute Gasteiger partial charge is 0.119 e. The average Bonchev–Trinajstić information content (AvgIpc) is 2.99. The third kappa shape index (κ3) is 3.27. The number of aryl methyl sites for hydroxylation is 1. The van der Waals surface area contributed by atoms with Crippen molar-refractivity contribution in [2.75, 3.05) is 20.2 Å². The van der Waals surface area contributed by atoms with Gasteiger partial charge in [-0.1, -0.05) is 18.2 Å². The lowest BCUT2D eigenvalue weighted by Gasteiger charge is -2.32. The van der Waals surface area contributed by atoms with Crippen molar-refractivity contribution in [3.63, 3.8) is 0 Å². The third-order valence-electron chi connectivity index (χ3n) is 5.19. The zero-order chi connectivity index (χ0) is 17.2. The highest BCUT2D eigenvalue weighted by atomic mass is 16.5. The minimum Gasteiger partial charge on any atom is -0.497 e. The first-order valence-corrected chi connectivity index (χ1v) is 9.03. The number of aromatic nitrogens is 2. The molecule has 3 aromatic rings. The topological polar surface area (TPSA) is 29.8 Å². The molecule has 4 nitrogen and oxygen atoms in total. The first kappa shape index (κ1) is 16.2. The van der Waals surface area contributed by atoms with Crippen LogP contribution in [0.5, 0.6) is 5.75 Å². The Labute approximate surface area is 149 Å². The van der Waals surface area contributed by atoms with E-state index in [0.717, 1.165) is 31.2 Å². The van der Waals surface area contributed by atoms with E-state index >= 15 is 0 Å². The summed E-state index contributed by atoms with van der Waals surface area (Å²) in [7, 11) is 1.72. The number of nitrogens with zero attached hydrogens (tertiary/aromatic N) is 3. The molecule has 1 saturated heterocycles. The van der Waals surface area contributed by atoms with Gasteiger partial charge in [-0.05, 0) is 56.1 Å². The van der Waals surface area contributed by atoms with Crippen LogP contribution in [0.1, 0.15) is 35.8 Å². The predicted octanol–water partition coefficient (Wildman–Crippen LogP) is 4.03. The molecule has 0 amide bonds. The van der Waals surface area contributed by atoms with Gasteiger partial charge in [0, 0.05) is 25.2 Å². The molecular weight excluding hydrogens is 310 g/mol. The zero-order valence-corrected chi connectivity index (χ0v) is 15.0. The molecule has 4 rings (SSSR count). The Morgan fingerprint density at radius 1 is 1.20 bits per heavy atom. The second-order valence-corrected chi connectivity index (χ2v) is 6.93. The summed E-state index contributed by atoms with van der Waals surface area (Å²) in [6.45, 7) is 5.28. The Morgan fingerprint density at radius 2 is 2.12 bits per heavy atom. The maximum atomic E-state index is 5.35. The van der Waals surface area contributed by atoms with Crippen molar-refractivity contribution in [3.05, 3.63) is 65.7 Å². The van der Waals surface area contributed by atoms with Gasteiger partial charge in [-0.3, -0.25) is 4.90 Å². The summed E-state index contributed by atoms with van der Waals surface area (Å²) >= 11 is 0. The summed E-state index contributed by atoms with van der Waals surface area (Å²) in [6, 6.07) is 14.8. The molecule has 130 valence electrons. The molecule has 0 N–H and O–H groups in total. The summed E-state index contributed by atoms with van der Waals surface area (Å²) in [5.74, 6) is 2.52. The van der Waals surface area contributed by atoms with Crippen LogP contribution in [0.2, 0.25) is 0 Å². The molecular formula is C21H25N3O. The van der Waals surface area contributed by atoms with Crippen molar-refractivity contribution in [2.24, 2.45) is 0 Å². The summed E-state index contributed by atoms with van der Waals surface area (Å²) in [5, 5.41) is 0. The molecule has 0 radical (unpaired) electrons. The van der Waals surface area contributed by atoms with Gasteiger partial charge in [0.1, 0.15) is 11.6 Å². The van der Waals surface area contributed by atoms with E-state index < -0.39 is 0 Å². The molecule has 1 aliphatic heterocycles. The van der Waals surface area contributed by atoms with Gasteiger partial charge in [0.15, 0.2) is 0 Å². The first-order valence-electron chi connectivity index (χ1n) is 9.03. The number of rotatable bonds is 4. The van der Waals surface area contributed by atoms with Crippen LogP contribution in [0, 0.1) is 6.92 Å². The lowest BCUT2D eigenvalue weighted by atomic mass is 9.93. The number of likely N-dealkylation sites (tertiary alicyclic amines) is 1. The van der Waals surface area contributed by atoms with Crippen LogP contribution in [0.15, 0.2) is 48.7 Å². The molecule has 3 heterocycles. The number of piperidine rings is 1. The molecule has 2 aromatic heterocycles. The Balaban J connectivity index is 1.54. The van der Waals surface area contributed by atoms with E-state index in [-0.39, 0.29) is 0 Å². The van der Waals surface area contributed by atoms with Crippen LogP contribution >= 0.6 is 0 Å². The van der Waals surface area contributed by atoms with E-state index in [9.17, 15) is 0 Å². The molecule has 0 saturated carbocycles. The Bertz CT molecular complexity index is 870. The summed E-state index contributed by atoms with van der Waals surface area (Å²) < 4.78 is 7.56. The molecule has 1 atom stereocenters. The molecule has 0 aliphatic carbocycles. The highest BCUT2D eigenvalue weighted by molar-refractivity contribution is 5.54. The molecule has 25 heavy (non-hydrogen) atoms. The number of fused-ring (bicyclic) bond motifs is 1. The number of hydrogen-bond acceptors (Lipinski definition) is 3.